The van der Waals surface area contributed by atoms with Gasteiger partial charge < -0.3 is 9.64 Å². The average molecular weight is 249 g/mol. The van der Waals surface area contributed by atoms with Crippen molar-refractivity contribution in [2.75, 3.05) is 26.1 Å². The fourth-order valence-corrected chi connectivity index (χ4v) is 1.84. The fraction of sp³-hybridized carbons (Fsp3) is 0.800. The highest BCUT2D eigenvalue weighted by Crippen LogP contribution is 2.23. The summed E-state index contributed by atoms with van der Waals surface area (Å²) in [6, 6.07) is -0.395. The molecule has 1 saturated heterocycles. The summed E-state index contributed by atoms with van der Waals surface area (Å²) < 4.78 is 5.36. The largest absolute Gasteiger partial charge is 0.377 e. The number of hydrogen-bond donors (Lipinski definition) is 1. The summed E-state index contributed by atoms with van der Waals surface area (Å²) in [5, 5.41) is 2.22. The van der Waals surface area contributed by atoms with Crippen molar-refractivity contribution in [2.45, 2.75) is 25.4 Å². The second-order valence-electron chi connectivity index (χ2n) is 4.17. The van der Waals surface area contributed by atoms with Crippen molar-refractivity contribution in [3.8, 4) is 0 Å². The van der Waals surface area contributed by atoms with Crippen molar-refractivity contribution >= 4 is 23.5 Å². The molecule has 0 spiro atoms. The van der Waals surface area contributed by atoms with E-state index in [-0.39, 0.29) is 11.5 Å². The molecule has 1 heterocycles. The number of methoxy groups -OCH3 is 1. The van der Waals surface area contributed by atoms with Crippen molar-refractivity contribution in [2.24, 2.45) is 0 Å². The number of halogens is 1. The van der Waals surface area contributed by atoms with Gasteiger partial charge in [-0.25, -0.2) is 4.79 Å². The van der Waals surface area contributed by atoms with Crippen LogP contribution >= 0.6 is 11.6 Å². The summed E-state index contributed by atoms with van der Waals surface area (Å²) >= 11 is 5.31. The van der Waals surface area contributed by atoms with E-state index in [1.54, 1.807) is 12.0 Å². The molecule has 0 saturated carbocycles. The van der Waals surface area contributed by atoms with E-state index in [1.807, 2.05) is 6.92 Å². The normalized spacial score (nSPS) is 25.3. The first kappa shape index (κ1) is 13.3. The zero-order valence-corrected chi connectivity index (χ0v) is 10.3. The Kier molecular flexibility index (Phi) is 4.56. The lowest BCUT2D eigenvalue weighted by molar-refractivity contribution is -0.118. The summed E-state index contributed by atoms with van der Waals surface area (Å²) in [4.78, 5) is 24.2. The van der Waals surface area contributed by atoms with Crippen molar-refractivity contribution < 1.29 is 14.3 Å². The molecule has 0 radical (unpaired) electrons. The van der Waals surface area contributed by atoms with Crippen molar-refractivity contribution in [1.29, 1.82) is 0 Å². The molecule has 16 heavy (non-hydrogen) atoms. The zero-order chi connectivity index (χ0) is 12.2. The van der Waals surface area contributed by atoms with Crippen LogP contribution in [0.2, 0.25) is 0 Å². The molecule has 5 nitrogen and oxygen atoms in total. The average Bonchev–Trinajstić information content (AvgIpc) is 2.29. The monoisotopic (exact) mass is 248 g/mol. The molecule has 1 N–H and O–H groups in total. The van der Waals surface area contributed by atoms with Crippen LogP contribution in [0.1, 0.15) is 19.8 Å². The first-order valence-electron chi connectivity index (χ1n) is 5.20. The number of carbonyl (C=O) groups excluding carboxylic acids is 2. The van der Waals surface area contributed by atoms with Crippen LogP contribution in [-0.2, 0) is 9.53 Å². The van der Waals surface area contributed by atoms with E-state index in [2.05, 4.69) is 5.32 Å². The van der Waals surface area contributed by atoms with E-state index >= 15 is 0 Å². The summed E-state index contributed by atoms with van der Waals surface area (Å²) in [5.74, 6) is -0.683. The van der Waals surface area contributed by atoms with Gasteiger partial charge in [-0.15, -0.1) is 11.6 Å². The van der Waals surface area contributed by atoms with E-state index in [1.165, 1.54) is 0 Å². The Bertz CT molecular complexity index is 285. The number of alkyl halides is 1. The number of amides is 3. The number of likely N-dealkylation sites (tertiary alicyclic amines) is 1. The van der Waals surface area contributed by atoms with Gasteiger partial charge in [-0.1, -0.05) is 0 Å². The van der Waals surface area contributed by atoms with Crippen LogP contribution in [0, 0.1) is 0 Å². The number of carbonyl (C=O) groups is 2. The quantitative estimate of drug-likeness (QED) is 0.741. The van der Waals surface area contributed by atoms with Gasteiger partial charge in [0.1, 0.15) is 5.88 Å². The summed E-state index contributed by atoms with van der Waals surface area (Å²) in [5.41, 5.74) is -0.320. The van der Waals surface area contributed by atoms with E-state index in [0.717, 1.165) is 12.8 Å². The van der Waals surface area contributed by atoms with E-state index in [0.29, 0.717) is 13.1 Å². The predicted octanol–water partition coefficient (Wildman–Crippen LogP) is 0.962. The third-order valence-electron chi connectivity index (χ3n) is 2.81. The summed E-state index contributed by atoms with van der Waals surface area (Å²) in [7, 11) is 1.63. The number of hydrogen-bond acceptors (Lipinski definition) is 3. The number of nitrogens with zero attached hydrogens (tertiary/aromatic N) is 1. The molecule has 1 aliphatic rings. The van der Waals surface area contributed by atoms with Crippen molar-refractivity contribution in [1.82, 2.24) is 10.2 Å². The molecule has 1 atom stereocenters. The first-order chi connectivity index (χ1) is 7.50. The summed E-state index contributed by atoms with van der Waals surface area (Å²) in [6.07, 6.45) is 1.78. The van der Waals surface area contributed by atoms with Crippen LogP contribution in [0.15, 0.2) is 0 Å². The molecule has 1 unspecified atom stereocenters. The Morgan fingerprint density at radius 1 is 1.56 bits per heavy atom. The van der Waals surface area contributed by atoms with Gasteiger partial charge in [-0.3, -0.25) is 10.1 Å². The zero-order valence-electron chi connectivity index (χ0n) is 9.59. The van der Waals surface area contributed by atoms with Crippen LogP contribution in [-0.4, -0.2) is 48.5 Å². The molecule has 1 fully saturated rings. The molecule has 1 aliphatic heterocycles. The Labute approximate surface area is 100 Å². The maximum atomic E-state index is 11.7. The third-order valence-corrected chi connectivity index (χ3v) is 3.05. The smallest absolute Gasteiger partial charge is 0.324 e. The number of ether oxygens (including phenoxy) is 1. The Hall–Kier alpha value is -0.810. The van der Waals surface area contributed by atoms with Crippen molar-refractivity contribution in [3.05, 3.63) is 0 Å². The standard InChI is InChI=1S/C10H17ClN2O3/c1-10(16-2)4-3-5-13(7-10)9(15)12-8(14)6-11/h3-7H2,1-2H3,(H,12,14,15). The topological polar surface area (TPSA) is 58.6 Å². The van der Waals surface area contributed by atoms with Gasteiger partial charge in [0.15, 0.2) is 0 Å². The van der Waals surface area contributed by atoms with Crippen LogP contribution in [0.25, 0.3) is 0 Å². The lowest BCUT2D eigenvalue weighted by Crippen LogP contribution is -2.53. The highest BCUT2D eigenvalue weighted by Gasteiger charge is 2.33. The van der Waals surface area contributed by atoms with Crippen LogP contribution in [0.3, 0.4) is 0 Å². The second-order valence-corrected chi connectivity index (χ2v) is 4.43. The summed E-state index contributed by atoms with van der Waals surface area (Å²) in [6.45, 7) is 3.08. The molecule has 0 bridgehead atoms. The van der Waals surface area contributed by atoms with Crippen LogP contribution in [0.5, 0.6) is 0 Å². The Morgan fingerprint density at radius 2 is 2.25 bits per heavy atom. The number of imide groups is 1. The van der Waals surface area contributed by atoms with Gasteiger partial charge in [-0.2, -0.15) is 0 Å². The van der Waals surface area contributed by atoms with Gasteiger partial charge in [0.2, 0.25) is 5.91 Å². The van der Waals surface area contributed by atoms with Crippen molar-refractivity contribution in [3.63, 3.8) is 0 Å². The lowest BCUT2D eigenvalue weighted by atomic mass is 9.95. The molecule has 92 valence electrons. The predicted molar refractivity (Wildman–Crippen MR) is 60.5 cm³/mol. The molecule has 1 rings (SSSR count). The molecular formula is C10H17ClN2O3. The maximum absolute atomic E-state index is 11.7. The van der Waals surface area contributed by atoms with Gasteiger partial charge in [-0.05, 0) is 19.8 Å². The minimum atomic E-state index is -0.476. The molecule has 3 amide bonds. The van der Waals surface area contributed by atoms with E-state index in [9.17, 15) is 9.59 Å². The number of rotatable bonds is 2. The highest BCUT2D eigenvalue weighted by atomic mass is 35.5. The second kappa shape index (κ2) is 5.50. The molecule has 6 heteroatoms. The lowest BCUT2D eigenvalue weighted by Gasteiger charge is -2.39. The van der Waals surface area contributed by atoms with E-state index < -0.39 is 11.9 Å². The van der Waals surface area contributed by atoms with Crippen LogP contribution in [0.4, 0.5) is 4.79 Å². The van der Waals surface area contributed by atoms with Gasteiger partial charge >= 0.3 is 6.03 Å². The molecule has 0 aromatic carbocycles. The fourth-order valence-electron chi connectivity index (χ4n) is 1.78. The van der Waals surface area contributed by atoms with E-state index in [4.69, 9.17) is 16.3 Å². The number of piperidine rings is 1. The van der Waals surface area contributed by atoms with Gasteiger partial charge in [0.05, 0.1) is 12.1 Å². The highest BCUT2D eigenvalue weighted by molar-refractivity contribution is 6.28. The molecule has 0 aromatic heterocycles. The van der Waals surface area contributed by atoms with Crippen LogP contribution < -0.4 is 5.32 Å². The first-order valence-corrected chi connectivity index (χ1v) is 5.74. The number of nitrogens with one attached hydrogen (secondary N) is 1. The molecule has 0 aromatic rings. The minimum absolute atomic E-state index is 0.207. The number of urea groups is 1. The third kappa shape index (κ3) is 3.35. The maximum Gasteiger partial charge on any atom is 0.324 e. The molecule has 0 aliphatic carbocycles. The van der Waals surface area contributed by atoms with Gasteiger partial charge in [0, 0.05) is 13.7 Å². The Morgan fingerprint density at radius 3 is 2.81 bits per heavy atom. The minimum Gasteiger partial charge on any atom is -0.377 e. The molecular weight excluding hydrogens is 232 g/mol. The van der Waals surface area contributed by atoms with Gasteiger partial charge in [0.25, 0.3) is 0 Å². The Balaban J connectivity index is 2.53. The SMILES string of the molecule is COC1(C)CCCN(C(=O)NC(=O)CCl)C1.